The van der Waals surface area contributed by atoms with Crippen molar-refractivity contribution in [2.24, 2.45) is 5.92 Å². The minimum absolute atomic E-state index is 0. The van der Waals surface area contributed by atoms with E-state index >= 15 is 0 Å². The van der Waals surface area contributed by atoms with Crippen LogP contribution in [0.5, 0.6) is 0 Å². The molecule has 0 spiro atoms. The van der Waals surface area contributed by atoms with Crippen LogP contribution in [-0.2, 0) is 0 Å². The fourth-order valence-corrected chi connectivity index (χ4v) is 1.78. The third-order valence-corrected chi connectivity index (χ3v) is 2.81. The van der Waals surface area contributed by atoms with E-state index in [2.05, 4.69) is 11.8 Å². The summed E-state index contributed by atoms with van der Waals surface area (Å²) in [6.07, 6.45) is 3.99. The number of piperidine rings is 1. The van der Waals surface area contributed by atoms with Crippen LogP contribution in [0.1, 0.15) is 26.2 Å². The zero-order chi connectivity index (χ0) is 9.68. The average Bonchev–Trinajstić information content (AvgIpc) is 2.08. The smallest absolute Gasteiger partial charge is 0.427 e. The molecular weight excluding hydrogens is 200 g/mol. The van der Waals surface area contributed by atoms with Gasteiger partial charge in [-0.1, -0.05) is 6.92 Å². The molecule has 14 heavy (non-hydrogen) atoms. The molecule has 0 atom stereocenters. The Morgan fingerprint density at radius 3 is 2.36 bits per heavy atom. The molecule has 1 heterocycles. The number of likely N-dealkylation sites (tertiary alicyclic amines) is 1. The zero-order valence-electron chi connectivity index (χ0n) is 8.85. The van der Waals surface area contributed by atoms with Crippen LogP contribution in [-0.4, -0.2) is 41.7 Å². The van der Waals surface area contributed by atoms with Crippen molar-refractivity contribution in [3.63, 3.8) is 0 Å². The van der Waals surface area contributed by atoms with Gasteiger partial charge in [0.05, 0.1) is 0 Å². The van der Waals surface area contributed by atoms with E-state index in [0.29, 0.717) is 6.32 Å². The molecule has 0 aromatic heterocycles. The van der Waals surface area contributed by atoms with Crippen molar-refractivity contribution in [3.05, 3.63) is 0 Å². The number of rotatable bonds is 4. The molecule has 0 radical (unpaired) electrons. The van der Waals surface area contributed by atoms with Crippen molar-refractivity contribution in [1.82, 2.24) is 4.90 Å². The van der Waals surface area contributed by atoms with E-state index in [1.807, 2.05) is 0 Å². The van der Waals surface area contributed by atoms with Gasteiger partial charge in [0.2, 0.25) is 0 Å². The third-order valence-electron chi connectivity index (χ3n) is 2.81. The van der Waals surface area contributed by atoms with E-state index in [4.69, 9.17) is 10.0 Å². The first-order valence-electron chi connectivity index (χ1n) is 5.27. The Balaban J connectivity index is 0.00000169. The average molecular weight is 222 g/mol. The molecule has 3 nitrogen and oxygen atoms in total. The van der Waals surface area contributed by atoms with Crippen molar-refractivity contribution in [2.75, 3.05) is 19.6 Å². The second kappa shape index (κ2) is 7.52. The molecule has 84 valence electrons. The van der Waals surface area contributed by atoms with Crippen molar-refractivity contribution >= 4 is 19.5 Å². The van der Waals surface area contributed by atoms with Crippen LogP contribution in [0.25, 0.3) is 0 Å². The molecule has 0 amide bonds. The van der Waals surface area contributed by atoms with Crippen LogP contribution < -0.4 is 0 Å². The van der Waals surface area contributed by atoms with Crippen molar-refractivity contribution in [2.45, 2.75) is 32.5 Å². The maximum absolute atomic E-state index is 8.66. The molecule has 1 aliphatic rings. The molecule has 0 bridgehead atoms. The fourth-order valence-electron chi connectivity index (χ4n) is 1.78. The van der Waals surface area contributed by atoms with Gasteiger partial charge >= 0.3 is 7.12 Å². The molecule has 1 aliphatic heterocycles. The molecule has 0 unspecified atom stereocenters. The molecule has 0 aliphatic carbocycles. The summed E-state index contributed by atoms with van der Waals surface area (Å²) in [4.78, 5) is 2.42. The van der Waals surface area contributed by atoms with Crippen LogP contribution in [0, 0.1) is 5.92 Å². The lowest BCUT2D eigenvalue weighted by Gasteiger charge is -2.30. The fraction of sp³-hybridized carbons (Fsp3) is 1.00. The third kappa shape index (κ3) is 5.86. The topological polar surface area (TPSA) is 43.7 Å². The lowest BCUT2D eigenvalue weighted by atomic mass is 9.84. The number of hydrogen-bond acceptors (Lipinski definition) is 3. The molecule has 5 heteroatoms. The van der Waals surface area contributed by atoms with Crippen LogP contribution in [0.4, 0.5) is 0 Å². The van der Waals surface area contributed by atoms with E-state index in [1.165, 1.54) is 25.9 Å². The zero-order valence-corrected chi connectivity index (χ0v) is 9.67. The van der Waals surface area contributed by atoms with Crippen molar-refractivity contribution in [1.29, 1.82) is 0 Å². The maximum atomic E-state index is 8.66. The highest BCUT2D eigenvalue weighted by atomic mass is 35.5. The SMILES string of the molecule is CC1CCN(CCCB(O)O)CC1.Cl. The van der Waals surface area contributed by atoms with E-state index in [-0.39, 0.29) is 12.4 Å². The van der Waals surface area contributed by atoms with Gasteiger partial charge in [-0.25, -0.2) is 0 Å². The predicted octanol–water partition coefficient (Wildman–Crippen LogP) is 1.00. The second-order valence-corrected chi connectivity index (χ2v) is 4.15. The summed E-state index contributed by atoms with van der Waals surface area (Å²) in [5.41, 5.74) is 0. The normalized spacial score (nSPS) is 19.1. The Morgan fingerprint density at radius 1 is 1.29 bits per heavy atom. The number of halogens is 1. The Morgan fingerprint density at radius 2 is 1.86 bits per heavy atom. The van der Waals surface area contributed by atoms with E-state index < -0.39 is 7.12 Å². The maximum Gasteiger partial charge on any atom is 0.451 e. The van der Waals surface area contributed by atoms with E-state index in [9.17, 15) is 0 Å². The minimum Gasteiger partial charge on any atom is -0.427 e. The monoisotopic (exact) mass is 221 g/mol. The largest absolute Gasteiger partial charge is 0.451 e. The first-order chi connectivity index (χ1) is 6.18. The van der Waals surface area contributed by atoms with Gasteiger partial charge in [-0.2, -0.15) is 0 Å². The lowest BCUT2D eigenvalue weighted by molar-refractivity contribution is 0.191. The van der Waals surface area contributed by atoms with Crippen LogP contribution >= 0.6 is 12.4 Å². The summed E-state index contributed by atoms with van der Waals surface area (Å²) >= 11 is 0. The summed E-state index contributed by atoms with van der Waals surface area (Å²) in [6.45, 7) is 5.69. The Kier molecular flexibility index (Phi) is 7.64. The molecule has 1 fully saturated rings. The minimum atomic E-state index is -1.12. The highest BCUT2D eigenvalue weighted by molar-refractivity contribution is 6.40. The second-order valence-electron chi connectivity index (χ2n) is 4.15. The highest BCUT2D eigenvalue weighted by Gasteiger charge is 2.15. The van der Waals surface area contributed by atoms with Gasteiger partial charge in [-0.3, -0.25) is 0 Å². The molecule has 0 saturated carbocycles. The summed E-state index contributed by atoms with van der Waals surface area (Å²) in [5.74, 6) is 0.875. The molecular formula is C9H21BClNO2. The first-order valence-corrected chi connectivity index (χ1v) is 5.27. The Hall–Kier alpha value is 0.235. The van der Waals surface area contributed by atoms with Gasteiger partial charge in [0.25, 0.3) is 0 Å². The van der Waals surface area contributed by atoms with Gasteiger partial charge < -0.3 is 14.9 Å². The van der Waals surface area contributed by atoms with Crippen LogP contribution in [0.15, 0.2) is 0 Å². The predicted molar refractivity (Wildman–Crippen MR) is 61.7 cm³/mol. The Bertz CT molecular complexity index is 141. The van der Waals surface area contributed by atoms with Gasteiger partial charge in [-0.05, 0) is 51.1 Å². The summed E-state index contributed by atoms with van der Waals surface area (Å²) < 4.78 is 0. The number of nitrogens with zero attached hydrogens (tertiary/aromatic N) is 1. The van der Waals surface area contributed by atoms with Gasteiger partial charge in [-0.15, -0.1) is 12.4 Å². The molecule has 1 saturated heterocycles. The van der Waals surface area contributed by atoms with Gasteiger partial charge in [0.15, 0.2) is 0 Å². The van der Waals surface area contributed by atoms with Crippen LogP contribution in [0.3, 0.4) is 0 Å². The molecule has 1 rings (SSSR count). The first kappa shape index (κ1) is 14.2. The number of hydrogen-bond donors (Lipinski definition) is 2. The highest BCUT2D eigenvalue weighted by Crippen LogP contribution is 2.16. The summed E-state index contributed by atoms with van der Waals surface area (Å²) in [6, 6.07) is 0. The Labute approximate surface area is 93.0 Å². The van der Waals surface area contributed by atoms with E-state index in [0.717, 1.165) is 18.9 Å². The van der Waals surface area contributed by atoms with Crippen molar-refractivity contribution in [3.8, 4) is 0 Å². The summed E-state index contributed by atoms with van der Waals surface area (Å²) in [7, 11) is -1.12. The van der Waals surface area contributed by atoms with Gasteiger partial charge in [0, 0.05) is 0 Å². The summed E-state index contributed by atoms with van der Waals surface area (Å²) in [5, 5.41) is 17.3. The van der Waals surface area contributed by atoms with E-state index in [1.54, 1.807) is 0 Å². The molecule has 0 aromatic carbocycles. The van der Waals surface area contributed by atoms with Crippen LogP contribution in [0.2, 0.25) is 6.32 Å². The molecule has 2 N–H and O–H groups in total. The van der Waals surface area contributed by atoms with Crippen molar-refractivity contribution < 1.29 is 10.0 Å². The molecule has 0 aromatic rings. The lowest BCUT2D eigenvalue weighted by Crippen LogP contribution is -2.34. The van der Waals surface area contributed by atoms with Gasteiger partial charge in [0.1, 0.15) is 0 Å². The quantitative estimate of drug-likeness (QED) is 0.696. The standard InChI is InChI=1S/C9H20BNO2.ClH/c1-9-3-7-11(8-4-9)6-2-5-10(12)13;/h9,12-13H,2-8H2,1H3;1H.